The van der Waals surface area contributed by atoms with E-state index in [1.807, 2.05) is 12.2 Å². The number of hydrogen-bond donors (Lipinski definition) is 0. The van der Waals surface area contributed by atoms with Crippen molar-refractivity contribution in [1.29, 1.82) is 0 Å². The second kappa shape index (κ2) is 17.2. The van der Waals surface area contributed by atoms with Crippen LogP contribution in [0.25, 0.3) is 0 Å². The van der Waals surface area contributed by atoms with E-state index in [0.717, 1.165) is 0 Å². The van der Waals surface area contributed by atoms with Crippen molar-refractivity contribution < 1.29 is 0 Å². The van der Waals surface area contributed by atoms with E-state index in [9.17, 15) is 0 Å². The predicted octanol–water partition coefficient (Wildman–Crippen LogP) is 6.99. The minimum atomic E-state index is 1.19. The van der Waals surface area contributed by atoms with E-state index in [-0.39, 0.29) is 0 Å². The number of unbranched alkanes of at least 4 members (excludes halogenated alkanes) is 10. The number of allylic oxidation sites excluding steroid dienone is 5. The Kier molecular flexibility index (Phi) is 16.5. The minimum Gasteiger partial charge on any atom is -0.0991 e. The molecule has 0 heterocycles. The molecule has 0 N–H and O–H groups in total. The maximum atomic E-state index is 3.67. The van der Waals surface area contributed by atoms with Gasteiger partial charge < -0.3 is 0 Å². The van der Waals surface area contributed by atoms with Gasteiger partial charge in [0.2, 0.25) is 0 Å². The molecule has 0 aromatic carbocycles. The largest absolute Gasteiger partial charge is 0.0991 e. The lowest BCUT2D eigenvalue weighted by Gasteiger charge is -1.99. The third kappa shape index (κ3) is 17.2. The lowest BCUT2D eigenvalue weighted by Crippen LogP contribution is -1.79. The molecule has 0 saturated carbocycles. The van der Waals surface area contributed by atoms with E-state index < -0.39 is 0 Å². The molecule has 0 radical (unpaired) electrons. The second-order valence-corrected chi connectivity index (χ2v) is 5.33. The summed E-state index contributed by atoms with van der Waals surface area (Å²) >= 11 is 0. The lowest BCUT2D eigenvalue weighted by atomic mass is 10.1. The smallest absolute Gasteiger partial charge is 0.0348 e. The molecule has 0 spiro atoms. The van der Waals surface area contributed by atoms with Gasteiger partial charge in [0.25, 0.3) is 0 Å². The van der Waals surface area contributed by atoms with Gasteiger partial charge in [0.05, 0.1) is 0 Å². The highest BCUT2D eigenvalue weighted by atomic mass is 14.0. The zero-order valence-corrected chi connectivity index (χ0v) is 13.1. The summed E-state index contributed by atoms with van der Waals surface area (Å²) in [4.78, 5) is 0. The molecule has 0 aromatic heterocycles. The molecule has 0 unspecified atom stereocenters. The Morgan fingerprint density at radius 2 is 1.11 bits per heavy atom. The first-order valence-corrected chi connectivity index (χ1v) is 8.34. The fourth-order valence-electron chi connectivity index (χ4n) is 2.17. The number of hydrogen-bond acceptors (Lipinski definition) is 0. The van der Waals surface area contributed by atoms with Gasteiger partial charge in [-0.1, -0.05) is 82.4 Å². The summed E-state index contributed by atoms with van der Waals surface area (Å²) in [5.41, 5.74) is 0. The monoisotopic (exact) mass is 262 g/mol. The zero-order chi connectivity index (χ0) is 14.0. The molecule has 0 rings (SSSR count). The molecule has 0 saturated heterocycles. The highest BCUT2D eigenvalue weighted by molar-refractivity contribution is 4.96. The van der Waals surface area contributed by atoms with Gasteiger partial charge in [-0.25, -0.2) is 0 Å². The van der Waals surface area contributed by atoms with Crippen LogP contribution >= 0.6 is 0 Å². The van der Waals surface area contributed by atoms with E-state index in [1.54, 1.807) is 0 Å². The van der Waals surface area contributed by atoms with Crippen molar-refractivity contribution in [2.45, 2.75) is 84.0 Å². The average molecular weight is 262 g/mol. The van der Waals surface area contributed by atoms with Crippen molar-refractivity contribution in [2.75, 3.05) is 0 Å². The fourth-order valence-corrected chi connectivity index (χ4v) is 2.17. The zero-order valence-electron chi connectivity index (χ0n) is 13.1. The molecule has 0 fully saturated rings. The summed E-state index contributed by atoms with van der Waals surface area (Å²) in [6.45, 7) is 5.94. The Bertz CT molecular complexity index is 222. The van der Waals surface area contributed by atoms with Crippen molar-refractivity contribution >= 4 is 0 Å². The summed E-state index contributed by atoms with van der Waals surface area (Å²) in [7, 11) is 0. The van der Waals surface area contributed by atoms with Crippen LogP contribution < -0.4 is 0 Å². The van der Waals surface area contributed by atoms with Crippen LogP contribution in [0.5, 0.6) is 0 Å². The Balaban J connectivity index is 3.09. The Hall–Kier alpha value is -0.780. The Morgan fingerprint density at radius 3 is 1.68 bits per heavy atom. The summed E-state index contributed by atoms with van der Waals surface area (Å²) in [5.74, 6) is 0. The summed E-state index contributed by atoms with van der Waals surface area (Å²) in [6.07, 6.45) is 27.1. The molecular weight excluding hydrogens is 228 g/mol. The molecule has 0 aromatic rings. The highest BCUT2D eigenvalue weighted by Gasteiger charge is 1.89. The first kappa shape index (κ1) is 18.2. The molecule has 0 atom stereocenters. The predicted molar refractivity (Wildman–Crippen MR) is 89.6 cm³/mol. The second-order valence-electron chi connectivity index (χ2n) is 5.33. The van der Waals surface area contributed by atoms with Crippen molar-refractivity contribution in [3.8, 4) is 0 Å². The Labute approximate surface area is 121 Å². The van der Waals surface area contributed by atoms with Gasteiger partial charge in [-0.2, -0.15) is 0 Å². The quantitative estimate of drug-likeness (QED) is 0.180. The molecular formula is C19H34. The van der Waals surface area contributed by atoms with Crippen LogP contribution in [-0.4, -0.2) is 0 Å². The Morgan fingerprint density at radius 1 is 0.632 bits per heavy atom. The standard InChI is InChI=1S/C19H34/c1-3-5-7-9-11-13-15-17-19-18-16-14-12-10-8-6-4-2/h3,5,7,17,19H,1,4,6,8-16,18H2,2H3/b7-5-,19-17?. The van der Waals surface area contributed by atoms with Crippen LogP contribution in [0.4, 0.5) is 0 Å². The van der Waals surface area contributed by atoms with Crippen LogP contribution in [0, 0.1) is 0 Å². The molecule has 0 amide bonds. The molecule has 110 valence electrons. The van der Waals surface area contributed by atoms with Crippen LogP contribution in [0.2, 0.25) is 0 Å². The van der Waals surface area contributed by atoms with E-state index in [4.69, 9.17) is 0 Å². The third-order valence-electron chi connectivity index (χ3n) is 3.40. The van der Waals surface area contributed by atoms with Gasteiger partial charge in [-0.3, -0.25) is 0 Å². The van der Waals surface area contributed by atoms with Crippen molar-refractivity contribution in [1.82, 2.24) is 0 Å². The van der Waals surface area contributed by atoms with Crippen molar-refractivity contribution in [2.24, 2.45) is 0 Å². The topological polar surface area (TPSA) is 0 Å². The van der Waals surface area contributed by atoms with Crippen molar-refractivity contribution in [3.05, 3.63) is 37.0 Å². The van der Waals surface area contributed by atoms with Crippen LogP contribution in [0.3, 0.4) is 0 Å². The number of rotatable bonds is 14. The molecule has 0 aliphatic heterocycles. The van der Waals surface area contributed by atoms with Gasteiger partial charge in [-0.05, 0) is 38.5 Å². The SMILES string of the molecule is C=C/C=C\CCCCC=CCCCCCCCCC. The summed E-state index contributed by atoms with van der Waals surface area (Å²) in [5, 5.41) is 0. The maximum Gasteiger partial charge on any atom is -0.0348 e. The van der Waals surface area contributed by atoms with Crippen LogP contribution in [0.1, 0.15) is 84.0 Å². The molecule has 0 nitrogen and oxygen atoms in total. The van der Waals surface area contributed by atoms with Crippen LogP contribution in [0.15, 0.2) is 37.0 Å². The molecule has 0 heteroatoms. The summed E-state index contributed by atoms with van der Waals surface area (Å²) in [6, 6.07) is 0. The van der Waals surface area contributed by atoms with Crippen LogP contribution in [-0.2, 0) is 0 Å². The third-order valence-corrected chi connectivity index (χ3v) is 3.40. The van der Waals surface area contributed by atoms with E-state index in [0.29, 0.717) is 0 Å². The lowest BCUT2D eigenvalue weighted by molar-refractivity contribution is 0.592. The highest BCUT2D eigenvalue weighted by Crippen LogP contribution is 2.09. The molecule has 0 aliphatic carbocycles. The van der Waals surface area contributed by atoms with E-state index in [2.05, 4.69) is 31.7 Å². The minimum absolute atomic E-state index is 1.19. The van der Waals surface area contributed by atoms with Crippen molar-refractivity contribution in [3.63, 3.8) is 0 Å². The maximum absolute atomic E-state index is 3.67. The van der Waals surface area contributed by atoms with Gasteiger partial charge in [0.15, 0.2) is 0 Å². The van der Waals surface area contributed by atoms with Gasteiger partial charge >= 0.3 is 0 Å². The first-order chi connectivity index (χ1) is 9.41. The fraction of sp³-hybridized carbons (Fsp3) is 0.684. The molecule has 19 heavy (non-hydrogen) atoms. The van der Waals surface area contributed by atoms with E-state index >= 15 is 0 Å². The van der Waals surface area contributed by atoms with Gasteiger partial charge in [-0.15, -0.1) is 0 Å². The average Bonchev–Trinajstić information content (AvgIpc) is 2.43. The molecule has 0 aliphatic rings. The summed E-state index contributed by atoms with van der Waals surface area (Å²) < 4.78 is 0. The van der Waals surface area contributed by atoms with Gasteiger partial charge in [0.1, 0.15) is 0 Å². The van der Waals surface area contributed by atoms with E-state index in [1.165, 1.54) is 77.0 Å². The normalized spacial score (nSPS) is 11.6. The first-order valence-electron chi connectivity index (χ1n) is 8.34. The molecule has 0 bridgehead atoms. The van der Waals surface area contributed by atoms with Gasteiger partial charge in [0, 0.05) is 0 Å².